The standard InChI is InChI=1S/C19H18O/c1-19(2,15-8-4-3-5-9-15)18-10-6-7-14-13-16(20)11-12-17(14)18/h3-13,20H,1-2H3. The van der Waals surface area contributed by atoms with Crippen LogP contribution in [0.1, 0.15) is 25.0 Å². The number of aromatic hydroxyl groups is 1. The smallest absolute Gasteiger partial charge is 0.116 e. The number of benzene rings is 3. The predicted octanol–water partition coefficient (Wildman–Crippen LogP) is 4.87. The van der Waals surface area contributed by atoms with Crippen LogP contribution in [0.15, 0.2) is 66.7 Å². The van der Waals surface area contributed by atoms with E-state index in [0.29, 0.717) is 5.75 Å². The molecule has 0 heterocycles. The molecular formula is C19H18O. The Bertz CT molecular complexity index is 742. The summed E-state index contributed by atoms with van der Waals surface area (Å²) in [7, 11) is 0. The Morgan fingerprint density at radius 1 is 0.800 bits per heavy atom. The van der Waals surface area contributed by atoms with E-state index in [2.05, 4.69) is 50.2 Å². The molecule has 3 aromatic carbocycles. The van der Waals surface area contributed by atoms with E-state index < -0.39 is 0 Å². The Morgan fingerprint density at radius 3 is 2.30 bits per heavy atom. The number of hydrogen-bond donors (Lipinski definition) is 1. The third kappa shape index (κ3) is 2.05. The quantitative estimate of drug-likeness (QED) is 0.698. The van der Waals surface area contributed by atoms with E-state index >= 15 is 0 Å². The van der Waals surface area contributed by atoms with Crippen molar-refractivity contribution in [1.82, 2.24) is 0 Å². The van der Waals surface area contributed by atoms with E-state index in [4.69, 9.17) is 0 Å². The number of rotatable bonds is 2. The maximum atomic E-state index is 9.64. The van der Waals surface area contributed by atoms with Crippen molar-refractivity contribution in [3.63, 3.8) is 0 Å². The van der Waals surface area contributed by atoms with Gasteiger partial charge in [0.25, 0.3) is 0 Å². The van der Waals surface area contributed by atoms with Gasteiger partial charge in [0, 0.05) is 5.41 Å². The van der Waals surface area contributed by atoms with Crippen LogP contribution in [0.25, 0.3) is 10.8 Å². The highest BCUT2D eigenvalue weighted by Gasteiger charge is 2.24. The molecule has 3 aromatic rings. The van der Waals surface area contributed by atoms with E-state index in [0.717, 1.165) is 5.39 Å². The van der Waals surface area contributed by atoms with Crippen LogP contribution in [0, 0.1) is 0 Å². The molecule has 1 N–H and O–H groups in total. The van der Waals surface area contributed by atoms with Gasteiger partial charge in [-0.05, 0) is 34.0 Å². The van der Waals surface area contributed by atoms with Gasteiger partial charge in [-0.3, -0.25) is 0 Å². The minimum absolute atomic E-state index is 0.0717. The molecule has 1 heteroatoms. The summed E-state index contributed by atoms with van der Waals surface area (Å²) in [4.78, 5) is 0. The molecule has 0 fully saturated rings. The van der Waals surface area contributed by atoms with Crippen LogP contribution in [-0.2, 0) is 5.41 Å². The molecule has 0 bridgehead atoms. The molecule has 0 aliphatic heterocycles. The third-order valence-corrected chi connectivity index (χ3v) is 4.03. The van der Waals surface area contributed by atoms with Crippen LogP contribution >= 0.6 is 0 Å². The molecular weight excluding hydrogens is 244 g/mol. The van der Waals surface area contributed by atoms with E-state index in [1.54, 1.807) is 6.07 Å². The molecule has 0 spiro atoms. The van der Waals surface area contributed by atoms with Crippen LogP contribution in [0.3, 0.4) is 0 Å². The summed E-state index contributed by atoms with van der Waals surface area (Å²) in [5.41, 5.74) is 2.50. The molecule has 0 aromatic heterocycles. The molecule has 0 unspecified atom stereocenters. The second-order valence-electron chi connectivity index (χ2n) is 5.70. The second kappa shape index (κ2) is 4.68. The fraction of sp³-hybridized carbons (Fsp3) is 0.158. The first-order valence-corrected chi connectivity index (χ1v) is 6.87. The van der Waals surface area contributed by atoms with Gasteiger partial charge in [-0.25, -0.2) is 0 Å². The Balaban J connectivity index is 2.24. The average molecular weight is 262 g/mol. The first kappa shape index (κ1) is 12.7. The van der Waals surface area contributed by atoms with Crippen molar-refractivity contribution in [2.75, 3.05) is 0 Å². The van der Waals surface area contributed by atoms with E-state index in [9.17, 15) is 5.11 Å². The largest absolute Gasteiger partial charge is 0.508 e. The number of phenols is 1. The lowest BCUT2D eigenvalue weighted by atomic mass is 9.76. The van der Waals surface area contributed by atoms with Gasteiger partial charge in [-0.1, -0.05) is 68.4 Å². The summed E-state index contributed by atoms with van der Waals surface area (Å²) in [6.07, 6.45) is 0. The van der Waals surface area contributed by atoms with E-state index in [1.165, 1.54) is 16.5 Å². The van der Waals surface area contributed by atoms with Crippen LogP contribution in [0.2, 0.25) is 0 Å². The van der Waals surface area contributed by atoms with Crippen molar-refractivity contribution < 1.29 is 5.11 Å². The zero-order valence-electron chi connectivity index (χ0n) is 11.8. The van der Waals surface area contributed by atoms with Gasteiger partial charge >= 0.3 is 0 Å². The Kier molecular flexibility index (Phi) is 2.98. The number of phenolic OH excluding ortho intramolecular Hbond substituents is 1. The fourth-order valence-electron chi connectivity index (χ4n) is 2.83. The summed E-state index contributed by atoms with van der Waals surface area (Å²) in [6, 6.07) is 22.4. The third-order valence-electron chi connectivity index (χ3n) is 4.03. The summed E-state index contributed by atoms with van der Waals surface area (Å²) >= 11 is 0. The highest BCUT2D eigenvalue weighted by atomic mass is 16.3. The summed E-state index contributed by atoms with van der Waals surface area (Å²) in [5.74, 6) is 0.312. The molecule has 0 aliphatic rings. The first-order chi connectivity index (χ1) is 9.59. The lowest BCUT2D eigenvalue weighted by Crippen LogP contribution is -2.19. The van der Waals surface area contributed by atoms with Crippen molar-refractivity contribution in [2.24, 2.45) is 0 Å². The molecule has 1 nitrogen and oxygen atoms in total. The van der Waals surface area contributed by atoms with Crippen molar-refractivity contribution in [2.45, 2.75) is 19.3 Å². The van der Waals surface area contributed by atoms with Gasteiger partial charge in [-0.2, -0.15) is 0 Å². The van der Waals surface area contributed by atoms with Crippen molar-refractivity contribution >= 4 is 10.8 Å². The topological polar surface area (TPSA) is 20.2 Å². The van der Waals surface area contributed by atoms with E-state index in [1.807, 2.05) is 24.3 Å². The maximum absolute atomic E-state index is 9.64. The normalized spacial score (nSPS) is 11.7. The summed E-state index contributed by atoms with van der Waals surface area (Å²) in [6.45, 7) is 4.48. The SMILES string of the molecule is CC(C)(c1ccccc1)c1cccc2cc(O)ccc12. The molecule has 0 radical (unpaired) electrons. The summed E-state index contributed by atoms with van der Waals surface area (Å²) < 4.78 is 0. The van der Waals surface area contributed by atoms with Crippen LogP contribution < -0.4 is 0 Å². The van der Waals surface area contributed by atoms with Crippen molar-refractivity contribution in [1.29, 1.82) is 0 Å². The highest BCUT2D eigenvalue weighted by Crippen LogP contribution is 2.36. The number of fused-ring (bicyclic) bond motifs is 1. The molecule has 0 saturated carbocycles. The minimum Gasteiger partial charge on any atom is -0.508 e. The lowest BCUT2D eigenvalue weighted by Gasteiger charge is -2.27. The van der Waals surface area contributed by atoms with Crippen molar-refractivity contribution in [3.8, 4) is 5.75 Å². The molecule has 0 amide bonds. The second-order valence-corrected chi connectivity index (χ2v) is 5.70. The Labute approximate surface area is 119 Å². The number of hydrogen-bond acceptors (Lipinski definition) is 1. The Hall–Kier alpha value is -2.28. The van der Waals surface area contributed by atoms with Crippen LogP contribution in [0.5, 0.6) is 5.75 Å². The van der Waals surface area contributed by atoms with Gasteiger partial charge in [-0.15, -0.1) is 0 Å². The molecule has 0 saturated heterocycles. The van der Waals surface area contributed by atoms with Crippen LogP contribution in [0.4, 0.5) is 0 Å². The fourth-order valence-corrected chi connectivity index (χ4v) is 2.83. The predicted molar refractivity (Wildman–Crippen MR) is 84.2 cm³/mol. The van der Waals surface area contributed by atoms with Gasteiger partial charge in [0.1, 0.15) is 5.75 Å². The van der Waals surface area contributed by atoms with Gasteiger partial charge in [0.05, 0.1) is 0 Å². The Morgan fingerprint density at radius 2 is 1.55 bits per heavy atom. The maximum Gasteiger partial charge on any atom is 0.116 e. The molecule has 20 heavy (non-hydrogen) atoms. The van der Waals surface area contributed by atoms with Gasteiger partial charge in [0.2, 0.25) is 0 Å². The zero-order valence-corrected chi connectivity index (χ0v) is 11.8. The molecule has 3 rings (SSSR count). The first-order valence-electron chi connectivity index (χ1n) is 6.87. The average Bonchev–Trinajstić information content (AvgIpc) is 2.47. The van der Waals surface area contributed by atoms with Crippen LogP contribution in [-0.4, -0.2) is 5.11 Å². The summed E-state index contributed by atoms with van der Waals surface area (Å²) in [5, 5.41) is 11.9. The van der Waals surface area contributed by atoms with E-state index in [-0.39, 0.29) is 5.41 Å². The zero-order chi connectivity index (χ0) is 14.2. The minimum atomic E-state index is -0.0717. The van der Waals surface area contributed by atoms with Gasteiger partial charge in [0.15, 0.2) is 0 Å². The monoisotopic (exact) mass is 262 g/mol. The molecule has 0 atom stereocenters. The highest BCUT2D eigenvalue weighted by molar-refractivity contribution is 5.88. The molecule has 0 aliphatic carbocycles. The van der Waals surface area contributed by atoms with Gasteiger partial charge < -0.3 is 5.11 Å². The van der Waals surface area contributed by atoms with Crippen molar-refractivity contribution in [3.05, 3.63) is 77.9 Å². The molecule has 100 valence electrons. The lowest BCUT2D eigenvalue weighted by molar-refractivity contribution is 0.476.